The quantitative estimate of drug-likeness (QED) is 0.725. The molecule has 5 heteroatoms. The summed E-state index contributed by atoms with van der Waals surface area (Å²) >= 11 is 3.44. The van der Waals surface area contributed by atoms with Gasteiger partial charge in [-0.2, -0.15) is 0 Å². The second-order valence-corrected chi connectivity index (χ2v) is 5.35. The topological polar surface area (TPSA) is 64.1 Å². The van der Waals surface area contributed by atoms with Crippen LogP contribution in [-0.4, -0.2) is 21.3 Å². The summed E-state index contributed by atoms with van der Waals surface area (Å²) in [4.78, 5) is 4.65. The van der Waals surface area contributed by atoms with Gasteiger partial charge in [-0.05, 0) is 40.2 Å². The molecule has 3 aromatic rings. The van der Waals surface area contributed by atoms with Crippen LogP contribution < -0.4 is 5.73 Å². The highest BCUT2D eigenvalue weighted by atomic mass is 79.9. The lowest BCUT2D eigenvalue weighted by Crippen LogP contribution is -2.05. The molecule has 0 aliphatic carbocycles. The van der Waals surface area contributed by atoms with E-state index < -0.39 is 0 Å². The fourth-order valence-corrected chi connectivity index (χ4v) is 2.71. The van der Waals surface area contributed by atoms with E-state index in [1.54, 1.807) is 0 Å². The highest BCUT2D eigenvalue weighted by Crippen LogP contribution is 2.33. The number of fused-ring (bicyclic) bond motifs is 1. The summed E-state index contributed by atoms with van der Waals surface area (Å²) in [6, 6.07) is 13.6. The summed E-state index contributed by atoms with van der Waals surface area (Å²) in [5.74, 6) is 0.777. The molecule has 0 unspecified atom stereocenters. The van der Waals surface area contributed by atoms with Gasteiger partial charge in [-0.25, -0.2) is 4.98 Å². The van der Waals surface area contributed by atoms with Gasteiger partial charge in [-0.3, -0.25) is 0 Å². The predicted octanol–water partition coefficient (Wildman–Crippen LogP) is 3.04. The Bertz CT molecular complexity index is 767. The third-order valence-electron chi connectivity index (χ3n) is 3.27. The molecule has 0 bridgehead atoms. The Balaban J connectivity index is 2.29. The smallest absolute Gasteiger partial charge is 0.143 e. The van der Waals surface area contributed by atoms with Crippen LogP contribution in [0, 0.1) is 0 Å². The van der Waals surface area contributed by atoms with Gasteiger partial charge in [0, 0.05) is 16.6 Å². The summed E-state index contributed by atoms with van der Waals surface area (Å²) in [5.41, 5.74) is 9.55. The average molecular weight is 332 g/mol. The Kier molecular flexibility index (Phi) is 3.46. The number of para-hydroxylation sites is 3. The number of rotatable bonds is 3. The number of imidazole rings is 1. The first-order chi connectivity index (χ1) is 9.72. The minimum Gasteiger partial charge on any atom is -0.397 e. The van der Waals surface area contributed by atoms with Gasteiger partial charge in [0.15, 0.2) is 0 Å². The Morgan fingerprint density at radius 1 is 1.15 bits per heavy atom. The molecular formula is C15H14BrN3O. The lowest BCUT2D eigenvalue weighted by molar-refractivity contribution is 0.278. The molecule has 0 aliphatic rings. The summed E-state index contributed by atoms with van der Waals surface area (Å²) in [6.07, 6.45) is 0. The Morgan fingerprint density at radius 2 is 1.95 bits per heavy atom. The van der Waals surface area contributed by atoms with Crippen molar-refractivity contribution in [2.75, 3.05) is 12.3 Å². The number of aliphatic hydroxyl groups excluding tert-OH is 1. The van der Waals surface area contributed by atoms with E-state index in [9.17, 15) is 5.11 Å². The third kappa shape index (κ3) is 2.09. The van der Waals surface area contributed by atoms with Crippen molar-refractivity contribution in [1.82, 2.24) is 9.55 Å². The first-order valence-electron chi connectivity index (χ1n) is 6.33. The second-order valence-electron chi connectivity index (χ2n) is 4.50. The standard InChI is InChI=1S/C15H14BrN3O/c16-11-5-3-4-10(14(11)17)15-18-12-6-1-2-7-13(12)19(15)8-9-20/h1-7,20H,8-9,17H2. The summed E-state index contributed by atoms with van der Waals surface area (Å²) in [6.45, 7) is 0.545. The maximum Gasteiger partial charge on any atom is 0.143 e. The number of aromatic nitrogens is 2. The number of nitrogens with two attached hydrogens (primary N) is 1. The average Bonchev–Trinajstić information content (AvgIpc) is 2.81. The molecule has 0 amide bonds. The summed E-state index contributed by atoms with van der Waals surface area (Å²) in [5, 5.41) is 9.30. The van der Waals surface area contributed by atoms with E-state index in [-0.39, 0.29) is 6.61 Å². The van der Waals surface area contributed by atoms with E-state index in [2.05, 4.69) is 20.9 Å². The van der Waals surface area contributed by atoms with Gasteiger partial charge in [0.1, 0.15) is 5.82 Å². The van der Waals surface area contributed by atoms with E-state index in [1.807, 2.05) is 47.0 Å². The van der Waals surface area contributed by atoms with Crippen LogP contribution in [0.5, 0.6) is 0 Å². The fraction of sp³-hybridized carbons (Fsp3) is 0.133. The number of nitrogen functional groups attached to an aromatic ring is 1. The molecule has 1 aromatic heterocycles. The molecule has 0 saturated carbocycles. The molecule has 0 saturated heterocycles. The molecule has 4 nitrogen and oxygen atoms in total. The maximum absolute atomic E-state index is 9.30. The first-order valence-corrected chi connectivity index (χ1v) is 7.12. The van der Waals surface area contributed by atoms with Crippen molar-refractivity contribution in [2.24, 2.45) is 0 Å². The van der Waals surface area contributed by atoms with E-state index >= 15 is 0 Å². The number of halogens is 1. The Labute approximate surface area is 125 Å². The third-order valence-corrected chi connectivity index (χ3v) is 3.96. The fourth-order valence-electron chi connectivity index (χ4n) is 2.34. The van der Waals surface area contributed by atoms with Crippen LogP contribution in [0.15, 0.2) is 46.9 Å². The van der Waals surface area contributed by atoms with Crippen molar-refractivity contribution >= 4 is 32.7 Å². The van der Waals surface area contributed by atoms with Crippen molar-refractivity contribution in [3.8, 4) is 11.4 Å². The summed E-state index contributed by atoms with van der Waals surface area (Å²) < 4.78 is 2.84. The number of nitrogens with zero attached hydrogens (tertiary/aromatic N) is 2. The van der Waals surface area contributed by atoms with Crippen LogP contribution >= 0.6 is 15.9 Å². The van der Waals surface area contributed by atoms with Crippen molar-refractivity contribution in [2.45, 2.75) is 6.54 Å². The molecule has 0 atom stereocenters. The molecule has 0 fully saturated rings. The largest absolute Gasteiger partial charge is 0.397 e. The zero-order chi connectivity index (χ0) is 14.1. The second kappa shape index (κ2) is 5.26. The molecule has 20 heavy (non-hydrogen) atoms. The maximum atomic E-state index is 9.30. The zero-order valence-corrected chi connectivity index (χ0v) is 12.3. The minimum atomic E-state index is 0.0568. The highest BCUT2D eigenvalue weighted by Gasteiger charge is 2.15. The van der Waals surface area contributed by atoms with Gasteiger partial charge < -0.3 is 15.4 Å². The molecule has 3 N–H and O–H groups in total. The van der Waals surface area contributed by atoms with Crippen LogP contribution in [0.3, 0.4) is 0 Å². The minimum absolute atomic E-state index is 0.0568. The van der Waals surface area contributed by atoms with Crippen molar-refractivity contribution in [3.05, 3.63) is 46.9 Å². The molecule has 0 radical (unpaired) electrons. The van der Waals surface area contributed by atoms with E-state index in [4.69, 9.17) is 5.73 Å². The van der Waals surface area contributed by atoms with Crippen molar-refractivity contribution < 1.29 is 5.11 Å². The number of aliphatic hydroxyl groups is 1. The van der Waals surface area contributed by atoms with Crippen LogP contribution in [0.2, 0.25) is 0 Å². The van der Waals surface area contributed by atoms with Gasteiger partial charge in [-0.15, -0.1) is 0 Å². The summed E-state index contributed by atoms with van der Waals surface area (Å²) in [7, 11) is 0. The van der Waals surface area contributed by atoms with E-state index in [1.165, 1.54) is 0 Å². The van der Waals surface area contributed by atoms with Crippen LogP contribution in [-0.2, 0) is 6.54 Å². The Morgan fingerprint density at radius 3 is 2.75 bits per heavy atom. The van der Waals surface area contributed by atoms with Crippen LogP contribution in [0.25, 0.3) is 22.4 Å². The van der Waals surface area contributed by atoms with E-state index in [0.29, 0.717) is 12.2 Å². The normalized spacial score (nSPS) is 11.1. The number of benzene rings is 2. The highest BCUT2D eigenvalue weighted by molar-refractivity contribution is 9.10. The number of hydrogen-bond acceptors (Lipinski definition) is 3. The molecule has 1 heterocycles. The molecule has 102 valence electrons. The van der Waals surface area contributed by atoms with Crippen molar-refractivity contribution in [3.63, 3.8) is 0 Å². The van der Waals surface area contributed by atoms with Gasteiger partial charge in [-0.1, -0.05) is 18.2 Å². The van der Waals surface area contributed by atoms with Crippen LogP contribution in [0.1, 0.15) is 0 Å². The van der Waals surface area contributed by atoms with Gasteiger partial charge in [0.2, 0.25) is 0 Å². The number of hydrogen-bond donors (Lipinski definition) is 2. The molecular weight excluding hydrogens is 318 g/mol. The zero-order valence-electron chi connectivity index (χ0n) is 10.8. The van der Waals surface area contributed by atoms with Gasteiger partial charge in [0.25, 0.3) is 0 Å². The first kappa shape index (κ1) is 13.1. The SMILES string of the molecule is Nc1c(Br)cccc1-c1nc2ccccc2n1CCO. The predicted molar refractivity (Wildman–Crippen MR) is 84.4 cm³/mol. The Hall–Kier alpha value is -1.85. The van der Waals surface area contributed by atoms with Crippen LogP contribution in [0.4, 0.5) is 5.69 Å². The molecule has 3 rings (SSSR count). The molecule has 0 spiro atoms. The number of anilines is 1. The van der Waals surface area contributed by atoms with Gasteiger partial charge in [0.05, 0.1) is 23.3 Å². The lowest BCUT2D eigenvalue weighted by Gasteiger charge is -2.10. The van der Waals surface area contributed by atoms with E-state index in [0.717, 1.165) is 26.9 Å². The lowest BCUT2D eigenvalue weighted by atomic mass is 10.1. The van der Waals surface area contributed by atoms with Gasteiger partial charge >= 0.3 is 0 Å². The molecule has 2 aromatic carbocycles. The monoisotopic (exact) mass is 331 g/mol. The van der Waals surface area contributed by atoms with Crippen molar-refractivity contribution in [1.29, 1.82) is 0 Å². The molecule has 0 aliphatic heterocycles.